The minimum absolute atomic E-state index is 0.0523. The van der Waals surface area contributed by atoms with Crippen molar-refractivity contribution in [3.05, 3.63) is 37.5 Å². The molecule has 0 heterocycles. The number of esters is 2. The molecule has 0 N–H and O–H groups in total. The van der Waals surface area contributed by atoms with Gasteiger partial charge in [0.15, 0.2) is 0 Å². The van der Waals surface area contributed by atoms with E-state index >= 15 is 0 Å². The lowest BCUT2D eigenvalue weighted by Gasteiger charge is -2.28. The third kappa shape index (κ3) is 4.20. The lowest BCUT2D eigenvalue weighted by molar-refractivity contribution is -0.166. The van der Waals surface area contributed by atoms with Crippen molar-refractivity contribution >= 4 is 57.1 Å². The molecule has 0 aliphatic heterocycles. The molecule has 4 atom stereocenters. The van der Waals surface area contributed by atoms with Gasteiger partial charge in [-0.05, 0) is 102 Å². The number of allylic oxidation sites excluding steroid dienone is 2. The van der Waals surface area contributed by atoms with Crippen LogP contribution < -0.4 is 4.74 Å². The highest BCUT2D eigenvalue weighted by Gasteiger charge is 2.53. The van der Waals surface area contributed by atoms with Crippen molar-refractivity contribution in [2.24, 2.45) is 23.7 Å². The first-order chi connectivity index (χ1) is 11.7. The molecular weight excluding hydrogens is 546 g/mol. The van der Waals surface area contributed by atoms with Gasteiger partial charge in [-0.25, -0.2) is 0 Å². The number of hydrogen-bond donors (Lipinski definition) is 0. The summed E-state index contributed by atoms with van der Waals surface area (Å²) < 4.78 is 13.2. The zero-order valence-corrected chi connectivity index (χ0v) is 18.6. The van der Waals surface area contributed by atoms with E-state index in [9.17, 15) is 9.59 Å². The van der Waals surface area contributed by atoms with Gasteiger partial charge in [0.25, 0.3) is 0 Å². The average Bonchev–Trinajstić information content (AvgIpc) is 3.09. The Labute approximate surface area is 175 Å². The van der Waals surface area contributed by atoms with Crippen molar-refractivity contribution in [2.45, 2.75) is 32.8 Å². The predicted octanol–water partition coefficient (Wildman–Crippen LogP) is 4.58. The van der Waals surface area contributed by atoms with Gasteiger partial charge in [-0.2, -0.15) is 0 Å². The Morgan fingerprint density at radius 1 is 1.04 bits per heavy atom. The molecule has 2 aliphatic rings. The third-order valence-corrected chi connectivity index (χ3v) is 6.03. The molecule has 25 heavy (non-hydrogen) atoms. The fourth-order valence-corrected chi connectivity index (χ4v) is 5.28. The molecule has 0 aromatic heterocycles. The van der Waals surface area contributed by atoms with E-state index in [4.69, 9.17) is 9.47 Å². The Bertz CT molecular complexity index is 735. The predicted molar refractivity (Wildman–Crippen MR) is 111 cm³/mol. The molecule has 2 aliphatic carbocycles. The molecule has 0 radical (unpaired) electrons. The van der Waals surface area contributed by atoms with Gasteiger partial charge < -0.3 is 9.47 Å². The van der Waals surface area contributed by atoms with Crippen molar-refractivity contribution in [3.8, 4) is 5.75 Å². The average molecular weight is 566 g/mol. The third-order valence-electron chi connectivity index (χ3n) is 4.51. The first kappa shape index (κ1) is 19.1. The molecule has 6 heteroatoms. The van der Waals surface area contributed by atoms with Gasteiger partial charge in [0.2, 0.25) is 0 Å². The van der Waals surface area contributed by atoms with E-state index in [1.807, 2.05) is 45.1 Å². The Morgan fingerprint density at radius 3 is 2.20 bits per heavy atom. The van der Waals surface area contributed by atoms with Gasteiger partial charge in [0, 0.05) is 3.57 Å². The van der Waals surface area contributed by atoms with Gasteiger partial charge in [-0.1, -0.05) is 12.2 Å². The molecule has 3 rings (SSSR count). The Morgan fingerprint density at radius 2 is 1.64 bits per heavy atom. The minimum atomic E-state index is -0.567. The molecule has 4 unspecified atom stereocenters. The maximum atomic E-state index is 12.9. The van der Waals surface area contributed by atoms with Crippen LogP contribution in [0.1, 0.15) is 27.2 Å². The molecule has 2 bridgehead atoms. The second-order valence-corrected chi connectivity index (χ2v) is 9.94. The van der Waals surface area contributed by atoms with Crippen molar-refractivity contribution in [1.82, 2.24) is 0 Å². The summed E-state index contributed by atoms with van der Waals surface area (Å²) >= 11 is 4.37. The molecule has 1 fully saturated rings. The summed E-state index contributed by atoms with van der Waals surface area (Å²) in [5, 5.41) is 0. The van der Waals surface area contributed by atoms with E-state index in [0.717, 1.165) is 13.6 Å². The van der Waals surface area contributed by atoms with Crippen LogP contribution in [0.2, 0.25) is 0 Å². The normalized spacial score (nSPS) is 27.4. The van der Waals surface area contributed by atoms with Gasteiger partial charge in [0.05, 0.1) is 15.4 Å². The summed E-state index contributed by atoms with van der Waals surface area (Å²) in [7, 11) is 0. The number of rotatable bonds is 3. The van der Waals surface area contributed by atoms with Crippen LogP contribution in [0, 0.1) is 30.8 Å². The lowest BCUT2D eigenvalue weighted by Crippen LogP contribution is -2.39. The number of hydrogen-bond acceptors (Lipinski definition) is 4. The minimum Gasteiger partial charge on any atom is -0.460 e. The number of fused-ring (bicyclic) bond motifs is 2. The highest BCUT2D eigenvalue weighted by Crippen LogP contribution is 2.49. The van der Waals surface area contributed by atoms with Gasteiger partial charge in [0.1, 0.15) is 11.4 Å². The van der Waals surface area contributed by atoms with Crippen LogP contribution in [0.5, 0.6) is 5.75 Å². The van der Waals surface area contributed by atoms with Crippen LogP contribution >= 0.6 is 45.2 Å². The molecule has 0 spiro atoms. The lowest BCUT2D eigenvalue weighted by atomic mass is 9.83. The van der Waals surface area contributed by atoms with Gasteiger partial charge >= 0.3 is 11.9 Å². The van der Waals surface area contributed by atoms with E-state index < -0.39 is 17.4 Å². The maximum absolute atomic E-state index is 12.9. The molecule has 134 valence electrons. The van der Waals surface area contributed by atoms with Crippen LogP contribution in [0.4, 0.5) is 0 Å². The Kier molecular flexibility index (Phi) is 5.49. The quantitative estimate of drug-likeness (QED) is 0.233. The van der Waals surface area contributed by atoms with E-state index in [1.54, 1.807) is 6.07 Å². The van der Waals surface area contributed by atoms with Crippen molar-refractivity contribution in [2.75, 3.05) is 0 Å². The highest BCUT2D eigenvalue weighted by molar-refractivity contribution is 14.1. The fraction of sp³-hybridized carbons (Fsp3) is 0.474. The largest absolute Gasteiger partial charge is 0.460 e. The maximum Gasteiger partial charge on any atom is 0.315 e. The first-order valence-electron chi connectivity index (χ1n) is 8.23. The summed E-state index contributed by atoms with van der Waals surface area (Å²) in [6.45, 7) is 5.53. The second kappa shape index (κ2) is 7.17. The van der Waals surface area contributed by atoms with E-state index in [1.165, 1.54) is 0 Å². The van der Waals surface area contributed by atoms with E-state index in [-0.39, 0.29) is 23.8 Å². The van der Waals surface area contributed by atoms with Crippen LogP contribution in [0.25, 0.3) is 0 Å². The summed E-state index contributed by atoms with van der Waals surface area (Å²) in [5.41, 5.74) is -0.567. The van der Waals surface area contributed by atoms with Crippen molar-refractivity contribution < 1.29 is 19.1 Å². The van der Waals surface area contributed by atoms with Crippen molar-refractivity contribution in [1.29, 1.82) is 0 Å². The summed E-state index contributed by atoms with van der Waals surface area (Å²) in [6, 6.07) is 5.65. The van der Waals surface area contributed by atoms with Crippen LogP contribution in [-0.4, -0.2) is 17.5 Å². The van der Waals surface area contributed by atoms with Crippen LogP contribution in [0.3, 0.4) is 0 Å². The monoisotopic (exact) mass is 566 g/mol. The first-order valence-corrected chi connectivity index (χ1v) is 10.4. The standard InChI is InChI=1S/C19H20I2O4/c1-19(2,3)25-18(23)16-11-5-4-10(8-11)15(16)17(22)24-14-7-6-12(20)9-13(14)21/h4-7,9-11,15-16H,8H2,1-3H3. The molecule has 1 aromatic carbocycles. The second-order valence-electron chi connectivity index (χ2n) is 7.53. The molecule has 0 saturated heterocycles. The molecule has 4 nitrogen and oxygen atoms in total. The summed E-state index contributed by atoms with van der Waals surface area (Å²) in [5.74, 6) is -0.913. The number of carbonyl (C=O) groups excluding carboxylic acids is 2. The number of ether oxygens (including phenoxy) is 2. The fourth-order valence-electron chi connectivity index (χ4n) is 3.57. The smallest absolute Gasteiger partial charge is 0.315 e. The van der Waals surface area contributed by atoms with E-state index in [2.05, 4.69) is 45.2 Å². The Balaban J connectivity index is 1.80. The SMILES string of the molecule is CC(C)(C)OC(=O)C1C2C=CC(C2)C1C(=O)Oc1ccc(I)cc1I. The zero-order chi connectivity index (χ0) is 18.4. The number of carbonyl (C=O) groups is 2. The molecule has 1 saturated carbocycles. The van der Waals surface area contributed by atoms with E-state index in [0.29, 0.717) is 5.75 Å². The summed E-state index contributed by atoms with van der Waals surface area (Å²) in [6.07, 6.45) is 4.89. The summed E-state index contributed by atoms with van der Waals surface area (Å²) in [4.78, 5) is 25.5. The van der Waals surface area contributed by atoms with Crippen LogP contribution in [-0.2, 0) is 14.3 Å². The number of halogens is 2. The molecular formula is C19H20I2O4. The van der Waals surface area contributed by atoms with Gasteiger partial charge in [-0.15, -0.1) is 0 Å². The van der Waals surface area contributed by atoms with Crippen molar-refractivity contribution in [3.63, 3.8) is 0 Å². The Hall–Kier alpha value is -0.640. The van der Waals surface area contributed by atoms with Gasteiger partial charge in [-0.3, -0.25) is 9.59 Å². The molecule has 1 aromatic rings. The zero-order valence-electron chi connectivity index (χ0n) is 14.3. The number of benzene rings is 1. The van der Waals surface area contributed by atoms with Crippen LogP contribution in [0.15, 0.2) is 30.4 Å². The topological polar surface area (TPSA) is 52.6 Å². The molecule has 0 amide bonds. The highest BCUT2D eigenvalue weighted by atomic mass is 127.